The Hall–Kier alpha value is -4.33. The van der Waals surface area contributed by atoms with Gasteiger partial charge in [0.05, 0.1) is 40.6 Å². The minimum Gasteiger partial charge on any atom is -0.404 e. The molecule has 2 aliphatic rings. The number of aromatic nitrogens is 5. The van der Waals surface area contributed by atoms with E-state index in [1.807, 2.05) is 0 Å². The van der Waals surface area contributed by atoms with Crippen LogP contribution in [0.5, 0.6) is 5.75 Å². The van der Waals surface area contributed by atoms with E-state index < -0.39 is 44.2 Å². The fourth-order valence-electron chi connectivity index (χ4n) is 5.81. The first-order valence-electron chi connectivity index (χ1n) is 12.9. The molecule has 0 amide bonds. The number of nitrogens with zero attached hydrogens (tertiary/aromatic N) is 5. The number of ketones is 1. The van der Waals surface area contributed by atoms with Gasteiger partial charge in [0.15, 0.2) is 15.6 Å². The molecular formula is C28H23F4N5O4S. The van der Waals surface area contributed by atoms with Gasteiger partial charge in [-0.2, -0.15) is 10.2 Å². The molecule has 42 heavy (non-hydrogen) atoms. The van der Waals surface area contributed by atoms with Crippen LogP contribution in [-0.4, -0.2) is 50.4 Å². The molecule has 0 spiro atoms. The smallest absolute Gasteiger partial charge is 0.404 e. The van der Waals surface area contributed by atoms with Crippen LogP contribution >= 0.6 is 0 Å². The Balaban J connectivity index is 1.42. The van der Waals surface area contributed by atoms with Crippen molar-refractivity contribution in [1.82, 2.24) is 24.5 Å². The molecule has 3 heterocycles. The number of halogens is 4. The van der Waals surface area contributed by atoms with Gasteiger partial charge >= 0.3 is 6.36 Å². The Bertz CT molecular complexity index is 1810. The number of ether oxygens (including phenoxy) is 1. The number of fused-ring (bicyclic) bond motifs is 2. The normalized spacial score (nSPS) is 20.4. The van der Waals surface area contributed by atoms with Gasteiger partial charge in [0, 0.05) is 13.2 Å². The van der Waals surface area contributed by atoms with Crippen molar-refractivity contribution in [3.8, 4) is 11.4 Å². The maximum atomic E-state index is 14.2. The lowest BCUT2D eigenvalue weighted by molar-refractivity contribution is -0.274. The molecule has 6 rings (SSSR count). The predicted molar refractivity (Wildman–Crippen MR) is 141 cm³/mol. The highest BCUT2D eigenvalue weighted by molar-refractivity contribution is 7.92. The lowest BCUT2D eigenvalue weighted by Crippen LogP contribution is -2.45. The van der Waals surface area contributed by atoms with Gasteiger partial charge in [-0.3, -0.25) is 9.48 Å². The van der Waals surface area contributed by atoms with Crippen LogP contribution in [0.1, 0.15) is 41.0 Å². The van der Waals surface area contributed by atoms with E-state index in [-0.39, 0.29) is 36.3 Å². The molecule has 0 bridgehead atoms. The van der Waals surface area contributed by atoms with Crippen LogP contribution < -0.4 is 4.74 Å². The molecule has 2 aliphatic carbocycles. The highest BCUT2D eigenvalue weighted by atomic mass is 32.2. The number of alkyl halides is 3. The maximum Gasteiger partial charge on any atom is 0.573 e. The summed E-state index contributed by atoms with van der Waals surface area (Å²) in [5.74, 6) is -1.51. The van der Waals surface area contributed by atoms with E-state index in [9.17, 15) is 30.8 Å². The van der Waals surface area contributed by atoms with Crippen LogP contribution in [0.15, 0.2) is 71.7 Å². The lowest BCUT2D eigenvalue weighted by Gasteiger charge is -2.43. The van der Waals surface area contributed by atoms with Crippen molar-refractivity contribution in [3.63, 3.8) is 0 Å². The number of carbonyl (C=O) groups is 1. The molecule has 0 saturated heterocycles. The van der Waals surface area contributed by atoms with Crippen molar-refractivity contribution < 1.29 is 35.5 Å². The summed E-state index contributed by atoms with van der Waals surface area (Å²) < 4.78 is 85.8. The number of Topliss-reactive ketones (excluding diaryl/α,β-unsaturated/α-hetero) is 1. The number of hydrogen-bond acceptors (Lipinski definition) is 7. The zero-order valence-corrected chi connectivity index (χ0v) is 22.9. The molecule has 1 fully saturated rings. The Kier molecular flexibility index (Phi) is 6.55. The van der Waals surface area contributed by atoms with Crippen molar-refractivity contribution in [2.45, 2.75) is 42.2 Å². The Labute approximate surface area is 237 Å². The van der Waals surface area contributed by atoms with Gasteiger partial charge in [-0.05, 0) is 73.7 Å². The monoisotopic (exact) mass is 601 g/mol. The number of sulfone groups is 1. The second-order valence-corrected chi connectivity index (χ2v) is 12.6. The van der Waals surface area contributed by atoms with E-state index in [1.165, 1.54) is 29.2 Å². The van der Waals surface area contributed by atoms with Crippen LogP contribution in [-0.2, 0) is 23.3 Å². The third-order valence-corrected chi connectivity index (χ3v) is 9.92. The largest absolute Gasteiger partial charge is 0.573 e. The summed E-state index contributed by atoms with van der Waals surface area (Å²) in [6.45, 7) is 0. The summed E-state index contributed by atoms with van der Waals surface area (Å²) in [7, 11) is -2.27. The molecule has 3 aromatic heterocycles. The molecule has 1 aromatic carbocycles. The third-order valence-electron chi connectivity index (χ3n) is 7.77. The van der Waals surface area contributed by atoms with Gasteiger partial charge in [0.1, 0.15) is 22.2 Å². The molecule has 14 heteroatoms. The predicted octanol–water partition coefficient (Wildman–Crippen LogP) is 4.87. The van der Waals surface area contributed by atoms with E-state index in [2.05, 4.69) is 19.9 Å². The quantitative estimate of drug-likeness (QED) is 0.229. The number of aryl methyl sites for hydroxylation is 1. The van der Waals surface area contributed by atoms with E-state index in [0.717, 1.165) is 18.3 Å². The van der Waals surface area contributed by atoms with Gasteiger partial charge in [0.25, 0.3) is 0 Å². The van der Waals surface area contributed by atoms with Gasteiger partial charge in [0.2, 0.25) is 0 Å². The summed E-state index contributed by atoms with van der Waals surface area (Å²) in [5.41, 5.74) is 1.14. The molecule has 0 unspecified atom stereocenters. The second-order valence-electron chi connectivity index (χ2n) is 10.4. The number of hydrogen-bond donors (Lipinski definition) is 0. The molecule has 9 nitrogen and oxygen atoms in total. The molecule has 4 aromatic rings. The van der Waals surface area contributed by atoms with Crippen LogP contribution in [0.25, 0.3) is 11.8 Å². The Morgan fingerprint density at radius 3 is 2.48 bits per heavy atom. The van der Waals surface area contributed by atoms with Crippen LogP contribution in [0, 0.1) is 11.2 Å². The zero-order valence-electron chi connectivity index (χ0n) is 22.0. The molecular weight excluding hydrogens is 578 g/mol. The van der Waals surface area contributed by atoms with Gasteiger partial charge in [-0.15, -0.1) is 13.2 Å². The summed E-state index contributed by atoms with van der Waals surface area (Å²) in [6.07, 6.45) is 2.47. The molecule has 2 atom stereocenters. The minimum atomic E-state index is -4.93. The number of pyridine rings is 1. The second kappa shape index (κ2) is 9.89. The van der Waals surface area contributed by atoms with Crippen LogP contribution in [0.2, 0.25) is 0 Å². The minimum absolute atomic E-state index is 0.0393. The summed E-state index contributed by atoms with van der Waals surface area (Å²) in [6, 6.07) is 7.90. The first-order valence-corrected chi connectivity index (χ1v) is 14.4. The van der Waals surface area contributed by atoms with Gasteiger partial charge < -0.3 is 4.74 Å². The van der Waals surface area contributed by atoms with E-state index in [0.29, 0.717) is 22.5 Å². The molecule has 0 aliphatic heterocycles. The Morgan fingerprint density at radius 1 is 1.07 bits per heavy atom. The number of allylic oxidation sites excluding steroid dienone is 1. The van der Waals surface area contributed by atoms with Gasteiger partial charge in [-0.25, -0.2) is 22.5 Å². The summed E-state index contributed by atoms with van der Waals surface area (Å²) >= 11 is 0. The van der Waals surface area contributed by atoms with E-state index in [4.69, 9.17) is 0 Å². The first-order chi connectivity index (χ1) is 19.9. The summed E-state index contributed by atoms with van der Waals surface area (Å²) in [4.78, 5) is 18.3. The summed E-state index contributed by atoms with van der Waals surface area (Å²) in [5, 5.41) is 7.51. The van der Waals surface area contributed by atoms with Crippen molar-refractivity contribution in [1.29, 1.82) is 0 Å². The van der Waals surface area contributed by atoms with Crippen LogP contribution in [0.4, 0.5) is 17.6 Å². The maximum absolute atomic E-state index is 14.2. The van der Waals surface area contributed by atoms with E-state index >= 15 is 0 Å². The average molecular weight is 602 g/mol. The van der Waals surface area contributed by atoms with Crippen molar-refractivity contribution in [2.24, 2.45) is 12.5 Å². The molecule has 0 radical (unpaired) electrons. The lowest BCUT2D eigenvalue weighted by atomic mass is 9.61. The van der Waals surface area contributed by atoms with Crippen molar-refractivity contribution >= 4 is 21.7 Å². The highest BCUT2D eigenvalue weighted by Gasteiger charge is 2.52. The van der Waals surface area contributed by atoms with Gasteiger partial charge in [-0.1, -0.05) is 5.57 Å². The fourth-order valence-corrected chi connectivity index (χ4v) is 7.62. The fraction of sp³-hybridized carbons (Fsp3) is 0.286. The third kappa shape index (κ3) is 4.89. The van der Waals surface area contributed by atoms with Crippen LogP contribution in [0.3, 0.4) is 0 Å². The average Bonchev–Trinajstić information content (AvgIpc) is 3.57. The standard InChI is InChI=1S/C28H23F4N5O4S/c1-36-16-23(15-34-36)42(39,40)22-8-2-18-10-25-17(13-35-37(25)20-5-3-19(29)4-6-20)11-27(18,12-22)26(38)24-9-7-21(14-33-24)41-28(30,31)32/h3-7,9-10,13-16,22H,2,8,11-12H2,1H3/t22-,27-/m0/s1. The Morgan fingerprint density at radius 2 is 1.83 bits per heavy atom. The molecule has 218 valence electrons. The first kappa shape index (κ1) is 27.8. The van der Waals surface area contributed by atoms with E-state index in [1.54, 1.807) is 36.1 Å². The topological polar surface area (TPSA) is 109 Å². The molecule has 0 N–H and O–H groups in total. The molecule has 1 saturated carbocycles. The number of benzene rings is 1. The van der Waals surface area contributed by atoms with Crippen molar-refractivity contribution in [3.05, 3.63) is 89.5 Å². The number of carbonyl (C=O) groups excluding carboxylic acids is 1. The highest BCUT2D eigenvalue weighted by Crippen LogP contribution is 2.52. The SMILES string of the molecule is Cn1cc(S(=O)(=O)[C@H]2CCC3=Cc4c(cnn4-c4ccc(F)cc4)C[C@]3(C(=O)c3ccc(OC(F)(F)F)cn3)C2)cn1. The number of rotatable bonds is 6. The zero-order chi connectivity index (χ0) is 29.9. The van der Waals surface area contributed by atoms with Crippen molar-refractivity contribution in [2.75, 3.05) is 0 Å².